The minimum atomic E-state index is -0.478. The lowest BCUT2D eigenvalue weighted by molar-refractivity contribution is -0.384. The molecule has 0 aromatic heterocycles. The van der Waals surface area contributed by atoms with E-state index in [9.17, 15) is 14.9 Å². The number of benzene rings is 1. The van der Waals surface area contributed by atoms with Crippen molar-refractivity contribution in [2.24, 2.45) is 0 Å². The van der Waals surface area contributed by atoms with Crippen LogP contribution in [0.5, 0.6) is 0 Å². The Bertz CT molecular complexity index is 436. The first-order valence-electron chi connectivity index (χ1n) is 4.72. The molecule has 6 nitrogen and oxygen atoms in total. The zero-order valence-electron chi connectivity index (χ0n) is 9.21. The standard InChI is InChI=1S/C10H12N2O4S/c1-16-10(13)6-17-5-7-4-8(12(14)15)2-3-9(7)11/h2-4H,5-6,11H2,1H3. The summed E-state index contributed by atoms with van der Waals surface area (Å²) in [6, 6.07) is 4.26. The van der Waals surface area contributed by atoms with E-state index in [1.807, 2.05) is 0 Å². The predicted octanol–water partition coefficient (Wildman–Crippen LogP) is 1.58. The van der Waals surface area contributed by atoms with Gasteiger partial charge in [0.15, 0.2) is 0 Å². The van der Waals surface area contributed by atoms with Crippen molar-refractivity contribution in [1.82, 2.24) is 0 Å². The summed E-state index contributed by atoms with van der Waals surface area (Å²) in [6.07, 6.45) is 0. The topological polar surface area (TPSA) is 95.5 Å². The van der Waals surface area contributed by atoms with Gasteiger partial charge in [0.2, 0.25) is 0 Å². The van der Waals surface area contributed by atoms with Crippen molar-refractivity contribution in [3.05, 3.63) is 33.9 Å². The zero-order chi connectivity index (χ0) is 12.8. The highest BCUT2D eigenvalue weighted by Crippen LogP contribution is 2.23. The van der Waals surface area contributed by atoms with Crippen LogP contribution in [0.15, 0.2) is 18.2 Å². The predicted molar refractivity (Wildman–Crippen MR) is 65.7 cm³/mol. The first-order chi connectivity index (χ1) is 8.04. The molecule has 2 N–H and O–H groups in total. The first kappa shape index (κ1) is 13.3. The second-order valence-corrected chi connectivity index (χ2v) is 4.19. The molecular formula is C10H12N2O4S. The third-order valence-corrected chi connectivity index (χ3v) is 3.00. The van der Waals surface area contributed by atoms with E-state index in [4.69, 9.17) is 5.73 Å². The van der Waals surface area contributed by atoms with Gasteiger partial charge in [-0.25, -0.2) is 0 Å². The molecule has 0 saturated carbocycles. The van der Waals surface area contributed by atoms with Crippen molar-refractivity contribution in [3.8, 4) is 0 Å². The summed E-state index contributed by atoms with van der Waals surface area (Å²) in [4.78, 5) is 21.0. The molecule has 0 amide bonds. The molecule has 0 saturated heterocycles. The number of nitrogens with zero attached hydrogens (tertiary/aromatic N) is 1. The van der Waals surface area contributed by atoms with Crippen LogP contribution >= 0.6 is 11.8 Å². The summed E-state index contributed by atoms with van der Waals surface area (Å²) in [5, 5.41) is 10.6. The van der Waals surface area contributed by atoms with Gasteiger partial charge in [0, 0.05) is 23.6 Å². The van der Waals surface area contributed by atoms with E-state index >= 15 is 0 Å². The summed E-state index contributed by atoms with van der Waals surface area (Å²) >= 11 is 1.30. The summed E-state index contributed by atoms with van der Waals surface area (Å²) in [5.74, 6) is 0.292. The molecule has 92 valence electrons. The van der Waals surface area contributed by atoms with Gasteiger partial charge in [-0.05, 0) is 11.6 Å². The molecule has 1 aromatic carbocycles. The lowest BCUT2D eigenvalue weighted by Crippen LogP contribution is -2.04. The maximum absolute atomic E-state index is 10.9. The lowest BCUT2D eigenvalue weighted by atomic mass is 10.2. The number of ether oxygens (including phenoxy) is 1. The molecular weight excluding hydrogens is 244 g/mol. The van der Waals surface area contributed by atoms with Gasteiger partial charge in [-0.1, -0.05) is 0 Å². The Kier molecular flexibility index (Phi) is 4.77. The fourth-order valence-corrected chi connectivity index (χ4v) is 1.99. The number of hydrogen-bond acceptors (Lipinski definition) is 6. The molecule has 0 unspecified atom stereocenters. The maximum Gasteiger partial charge on any atom is 0.315 e. The van der Waals surface area contributed by atoms with E-state index in [1.54, 1.807) is 0 Å². The van der Waals surface area contributed by atoms with Crippen LogP contribution in [0.2, 0.25) is 0 Å². The van der Waals surface area contributed by atoms with Gasteiger partial charge in [-0.15, -0.1) is 11.8 Å². The molecule has 0 fully saturated rings. The fraction of sp³-hybridized carbons (Fsp3) is 0.300. The van der Waals surface area contributed by atoms with Crippen LogP contribution in [0, 0.1) is 10.1 Å². The van der Waals surface area contributed by atoms with Crippen molar-refractivity contribution < 1.29 is 14.5 Å². The summed E-state index contributed by atoms with van der Waals surface area (Å²) in [6.45, 7) is 0. The molecule has 0 spiro atoms. The zero-order valence-corrected chi connectivity index (χ0v) is 10.0. The number of thioether (sulfide) groups is 1. The van der Waals surface area contributed by atoms with Gasteiger partial charge in [-0.2, -0.15) is 0 Å². The molecule has 0 bridgehead atoms. The minimum absolute atomic E-state index is 0.00660. The average Bonchev–Trinajstić information content (AvgIpc) is 2.30. The van der Waals surface area contributed by atoms with Gasteiger partial charge in [0.25, 0.3) is 5.69 Å². The Labute approximate surface area is 102 Å². The number of methoxy groups -OCH3 is 1. The van der Waals surface area contributed by atoms with Crippen LogP contribution in [0.4, 0.5) is 11.4 Å². The molecule has 7 heteroatoms. The average molecular weight is 256 g/mol. The van der Waals surface area contributed by atoms with Crippen molar-refractivity contribution in [1.29, 1.82) is 0 Å². The Morgan fingerprint density at radius 3 is 2.88 bits per heavy atom. The molecule has 0 radical (unpaired) electrons. The number of esters is 1. The van der Waals surface area contributed by atoms with Crippen molar-refractivity contribution in [3.63, 3.8) is 0 Å². The lowest BCUT2D eigenvalue weighted by Gasteiger charge is -2.04. The minimum Gasteiger partial charge on any atom is -0.468 e. The summed E-state index contributed by atoms with van der Waals surface area (Å²) < 4.78 is 4.48. The van der Waals surface area contributed by atoms with Gasteiger partial charge < -0.3 is 10.5 Å². The number of nitrogens with two attached hydrogens (primary N) is 1. The quantitative estimate of drug-likeness (QED) is 0.372. The highest BCUT2D eigenvalue weighted by atomic mass is 32.2. The Morgan fingerprint density at radius 1 is 1.59 bits per heavy atom. The van der Waals surface area contributed by atoms with Crippen molar-refractivity contribution in [2.75, 3.05) is 18.6 Å². The molecule has 0 aliphatic heterocycles. The molecule has 1 rings (SSSR count). The first-order valence-corrected chi connectivity index (χ1v) is 5.87. The fourth-order valence-electron chi connectivity index (χ4n) is 1.13. The van der Waals surface area contributed by atoms with Gasteiger partial charge in [0.1, 0.15) is 0 Å². The summed E-state index contributed by atoms with van der Waals surface area (Å²) in [5.41, 5.74) is 6.81. The van der Waals surface area contributed by atoms with E-state index in [0.717, 1.165) is 0 Å². The number of hydrogen-bond donors (Lipinski definition) is 1. The normalized spacial score (nSPS) is 9.94. The van der Waals surface area contributed by atoms with Gasteiger partial charge >= 0.3 is 5.97 Å². The third kappa shape index (κ3) is 3.95. The molecule has 0 atom stereocenters. The molecule has 17 heavy (non-hydrogen) atoms. The number of rotatable bonds is 5. The van der Waals surface area contributed by atoms with E-state index in [1.165, 1.54) is 37.1 Å². The number of nitro benzene ring substituents is 1. The van der Waals surface area contributed by atoms with Crippen molar-refractivity contribution >= 4 is 29.1 Å². The number of non-ortho nitro benzene ring substituents is 1. The monoisotopic (exact) mass is 256 g/mol. The SMILES string of the molecule is COC(=O)CSCc1cc([N+](=O)[O-])ccc1N. The van der Waals surface area contributed by atoms with Crippen LogP contribution < -0.4 is 5.73 Å². The van der Waals surface area contributed by atoms with E-state index < -0.39 is 4.92 Å². The van der Waals surface area contributed by atoms with Crippen LogP contribution in [-0.4, -0.2) is 23.8 Å². The molecule has 0 aliphatic rings. The number of nitro groups is 1. The third-order valence-electron chi connectivity index (χ3n) is 2.04. The molecule has 0 heterocycles. The Hall–Kier alpha value is -1.76. The van der Waals surface area contributed by atoms with Crippen molar-refractivity contribution in [2.45, 2.75) is 5.75 Å². The number of anilines is 1. The van der Waals surface area contributed by atoms with Gasteiger partial charge in [0.05, 0.1) is 17.8 Å². The second-order valence-electron chi connectivity index (χ2n) is 3.21. The largest absolute Gasteiger partial charge is 0.468 e. The van der Waals surface area contributed by atoms with Crippen LogP contribution in [-0.2, 0) is 15.3 Å². The van der Waals surface area contributed by atoms with Crippen LogP contribution in [0.1, 0.15) is 5.56 Å². The molecule has 0 aliphatic carbocycles. The van der Waals surface area contributed by atoms with E-state index in [-0.39, 0.29) is 17.4 Å². The van der Waals surface area contributed by atoms with E-state index in [2.05, 4.69) is 4.74 Å². The smallest absolute Gasteiger partial charge is 0.315 e. The highest BCUT2D eigenvalue weighted by molar-refractivity contribution is 7.99. The van der Waals surface area contributed by atoms with E-state index in [0.29, 0.717) is 17.0 Å². The highest BCUT2D eigenvalue weighted by Gasteiger charge is 2.10. The molecule has 1 aromatic rings. The van der Waals surface area contributed by atoms with Crippen LogP contribution in [0.3, 0.4) is 0 Å². The van der Waals surface area contributed by atoms with Crippen LogP contribution in [0.25, 0.3) is 0 Å². The Balaban J connectivity index is 2.66. The number of carbonyl (C=O) groups is 1. The second kappa shape index (κ2) is 6.09. The summed E-state index contributed by atoms with van der Waals surface area (Å²) in [7, 11) is 1.31. The maximum atomic E-state index is 10.9. The Morgan fingerprint density at radius 2 is 2.29 bits per heavy atom. The number of nitrogen functional groups attached to an aromatic ring is 1. The number of carbonyl (C=O) groups excluding carboxylic acids is 1. The van der Waals surface area contributed by atoms with Gasteiger partial charge in [-0.3, -0.25) is 14.9 Å².